The number of rotatable bonds is 5. The van der Waals surface area contributed by atoms with Crippen LogP contribution in [0.5, 0.6) is 0 Å². The van der Waals surface area contributed by atoms with Crippen molar-refractivity contribution in [2.24, 2.45) is 5.92 Å². The van der Waals surface area contributed by atoms with Crippen molar-refractivity contribution in [2.75, 3.05) is 39.3 Å². The van der Waals surface area contributed by atoms with E-state index in [9.17, 15) is 4.79 Å². The molecule has 2 saturated heterocycles. The van der Waals surface area contributed by atoms with Gasteiger partial charge < -0.3 is 4.90 Å². The topological polar surface area (TPSA) is 39.7 Å². The molecule has 2 fully saturated rings. The lowest BCUT2D eigenvalue weighted by atomic mass is 9.95. The molecular weight excluding hydrogens is 412 g/mol. The zero-order chi connectivity index (χ0) is 19.5. The zero-order valence-electron chi connectivity index (χ0n) is 16.3. The SMILES string of the molecule is Cc1nc(CN2CCC(C(=O)N3CCN(Cc4ccc(Cl)s4)CC3)CC2)cs1. The van der Waals surface area contributed by atoms with Crippen molar-refractivity contribution < 1.29 is 4.79 Å². The van der Waals surface area contributed by atoms with Crippen LogP contribution in [0.4, 0.5) is 0 Å². The van der Waals surface area contributed by atoms with Gasteiger partial charge in [0.15, 0.2) is 0 Å². The van der Waals surface area contributed by atoms with Gasteiger partial charge in [0.2, 0.25) is 5.91 Å². The van der Waals surface area contributed by atoms with Crippen LogP contribution < -0.4 is 0 Å². The number of thiazole rings is 1. The van der Waals surface area contributed by atoms with E-state index in [0.717, 1.165) is 80.2 Å². The molecule has 0 aromatic carbocycles. The van der Waals surface area contributed by atoms with E-state index in [0.29, 0.717) is 5.91 Å². The van der Waals surface area contributed by atoms with Gasteiger partial charge in [-0.15, -0.1) is 22.7 Å². The molecule has 0 aliphatic carbocycles. The molecule has 28 heavy (non-hydrogen) atoms. The van der Waals surface area contributed by atoms with Gasteiger partial charge in [-0.2, -0.15) is 0 Å². The molecule has 4 heterocycles. The van der Waals surface area contributed by atoms with Crippen molar-refractivity contribution in [3.63, 3.8) is 0 Å². The molecule has 2 aliphatic rings. The van der Waals surface area contributed by atoms with E-state index in [2.05, 4.69) is 31.1 Å². The van der Waals surface area contributed by atoms with Crippen molar-refractivity contribution in [3.05, 3.63) is 37.4 Å². The molecule has 0 unspecified atom stereocenters. The van der Waals surface area contributed by atoms with Crippen LogP contribution >= 0.6 is 34.3 Å². The molecule has 0 radical (unpaired) electrons. The molecule has 0 N–H and O–H groups in total. The van der Waals surface area contributed by atoms with E-state index < -0.39 is 0 Å². The maximum absolute atomic E-state index is 13.0. The molecule has 2 aromatic rings. The highest BCUT2D eigenvalue weighted by molar-refractivity contribution is 7.16. The third kappa shape index (κ3) is 5.13. The second-order valence-electron chi connectivity index (χ2n) is 7.72. The molecule has 4 rings (SSSR count). The minimum absolute atomic E-state index is 0.191. The second-order valence-corrected chi connectivity index (χ2v) is 10.6. The summed E-state index contributed by atoms with van der Waals surface area (Å²) in [4.78, 5) is 25.8. The van der Waals surface area contributed by atoms with E-state index in [1.54, 1.807) is 22.7 Å². The fourth-order valence-electron chi connectivity index (χ4n) is 4.09. The van der Waals surface area contributed by atoms with Gasteiger partial charge in [-0.3, -0.25) is 14.6 Å². The number of amides is 1. The minimum Gasteiger partial charge on any atom is -0.340 e. The van der Waals surface area contributed by atoms with Crippen LogP contribution in [-0.2, 0) is 17.9 Å². The second kappa shape index (κ2) is 9.22. The summed E-state index contributed by atoms with van der Waals surface area (Å²) in [5.41, 5.74) is 1.16. The largest absolute Gasteiger partial charge is 0.340 e. The van der Waals surface area contributed by atoms with E-state index in [1.165, 1.54) is 4.88 Å². The first-order chi connectivity index (χ1) is 13.6. The molecule has 2 aliphatic heterocycles. The third-order valence-electron chi connectivity index (χ3n) is 5.68. The Bertz CT molecular complexity index is 727. The predicted octanol–water partition coefficient (Wildman–Crippen LogP) is 3.72. The number of piperazine rings is 1. The standard InChI is InChI=1S/C20H27ClN4OS2/c1-15-22-17(14-27-15)12-23-6-4-16(5-7-23)20(26)25-10-8-24(9-11-25)13-18-2-3-19(21)28-18/h2-3,14,16H,4-13H2,1H3. The number of likely N-dealkylation sites (tertiary alicyclic amines) is 1. The van der Waals surface area contributed by atoms with Gasteiger partial charge in [-0.1, -0.05) is 11.6 Å². The predicted molar refractivity (Wildman–Crippen MR) is 116 cm³/mol. The van der Waals surface area contributed by atoms with Crippen LogP contribution in [0.15, 0.2) is 17.5 Å². The summed E-state index contributed by atoms with van der Waals surface area (Å²) in [6, 6.07) is 4.06. The number of hydrogen-bond acceptors (Lipinski definition) is 6. The van der Waals surface area contributed by atoms with E-state index in [-0.39, 0.29) is 5.92 Å². The summed E-state index contributed by atoms with van der Waals surface area (Å²) >= 11 is 9.38. The molecule has 152 valence electrons. The Balaban J connectivity index is 1.20. The first-order valence-electron chi connectivity index (χ1n) is 9.95. The van der Waals surface area contributed by atoms with Crippen molar-refractivity contribution >= 4 is 40.2 Å². The third-order valence-corrected chi connectivity index (χ3v) is 7.72. The highest BCUT2D eigenvalue weighted by atomic mass is 35.5. The number of aryl methyl sites for hydroxylation is 1. The normalized spacial score (nSPS) is 20.0. The molecule has 5 nitrogen and oxygen atoms in total. The number of nitrogens with zero attached hydrogens (tertiary/aromatic N) is 4. The summed E-state index contributed by atoms with van der Waals surface area (Å²) in [5, 5.41) is 3.28. The van der Waals surface area contributed by atoms with Gasteiger partial charge in [0, 0.05) is 55.4 Å². The van der Waals surface area contributed by atoms with E-state index in [1.807, 2.05) is 13.0 Å². The van der Waals surface area contributed by atoms with Gasteiger partial charge in [0.25, 0.3) is 0 Å². The Kier molecular flexibility index (Phi) is 6.68. The fourth-order valence-corrected chi connectivity index (χ4v) is 5.82. The highest BCUT2D eigenvalue weighted by Crippen LogP contribution is 2.25. The number of carbonyl (C=O) groups is 1. The number of hydrogen-bond donors (Lipinski definition) is 0. The molecule has 0 spiro atoms. The number of thiophene rings is 1. The van der Waals surface area contributed by atoms with Crippen LogP contribution in [-0.4, -0.2) is 64.9 Å². The Hall–Kier alpha value is -0.990. The summed E-state index contributed by atoms with van der Waals surface area (Å²) in [6.07, 6.45) is 1.94. The van der Waals surface area contributed by atoms with E-state index >= 15 is 0 Å². The van der Waals surface area contributed by atoms with Crippen molar-refractivity contribution in [3.8, 4) is 0 Å². The van der Waals surface area contributed by atoms with Crippen LogP contribution in [0, 0.1) is 12.8 Å². The minimum atomic E-state index is 0.191. The van der Waals surface area contributed by atoms with Crippen molar-refractivity contribution in [1.29, 1.82) is 0 Å². The number of carbonyl (C=O) groups excluding carboxylic acids is 1. The molecule has 8 heteroatoms. The molecular formula is C20H27ClN4OS2. The first kappa shape index (κ1) is 20.3. The smallest absolute Gasteiger partial charge is 0.225 e. The Morgan fingerprint density at radius 2 is 1.82 bits per heavy atom. The van der Waals surface area contributed by atoms with Crippen LogP contribution in [0.1, 0.15) is 28.4 Å². The number of halogens is 1. The highest BCUT2D eigenvalue weighted by Gasteiger charge is 2.30. The van der Waals surface area contributed by atoms with Gasteiger partial charge >= 0.3 is 0 Å². The lowest BCUT2D eigenvalue weighted by molar-refractivity contribution is -0.139. The maximum atomic E-state index is 13.0. The van der Waals surface area contributed by atoms with Crippen molar-refractivity contribution in [1.82, 2.24) is 19.7 Å². The fraction of sp³-hybridized carbons (Fsp3) is 0.600. The summed E-state index contributed by atoms with van der Waals surface area (Å²) in [5.74, 6) is 0.555. The monoisotopic (exact) mass is 438 g/mol. The molecule has 0 atom stereocenters. The van der Waals surface area contributed by atoms with Gasteiger partial charge in [0.1, 0.15) is 0 Å². The average Bonchev–Trinajstić information content (AvgIpc) is 3.30. The zero-order valence-corrected chi connectivity index (χ0v) is 18.7. The lowest BCUT2D eigenvalue weighted by Gasteiger charge is -2.38. The van der Waals surface area contributed by atoms with E-state index in [4.69, 9.17) is 11.6 Å². The summed E-state index contributed by atoms with van der Waals surface area (Å²) in [7, 11) is 0. The summed E-state index contributed by atoms with van der Waals surface area (Å²) in [6.45, 7) is 9.47. The number of piperidine rings is 1. The van der Waals surface area contributed by atoms with Crippen LogP contribution in [0.25, 0.3) is 0 Å². The molecule has 0 saturated carbocycles. The first-order valence-corrected chi connectivity index (χ1v) is 12.0. The Labute approximate surface area is 179 Å². The van der Waals surface area contributed by atoms with Crippen LogP contribution in [0.2, 0.25) is 4.34 Å². The van der Waals surface area contributed by atoms with Gasteiger partial charge in [-0.05, 0) is 45.0 Å². The van der Waals surface area contributed by atoms with Gasteiger partial charge in [0.05, 0.1) is 15.0 Å². The summed E-state index contributed by atoms with van der Waals surface area (Å²) < 4.78 is 0.847. The Morgan fingerprint density at radius 1 is 1.11 bits per heavy atom. The van der Waals surface area contributed by atoms with Crippen LogP contribution in [0.3, 0.4) is 0 Å². The molecule has 0 bridgehead atoms. The van der Waals surface area contributed by atoms with Crippen molar-refractivity contribution in [2.45, 2.75) is 32.9 Å². The average molecular weight is 439 g/mol. The van der Waals surface area contributed by atoms with Gasteiger partial charge in [-0.25, -0.2) is 4.98 Å². The quantitative estimate of drug-likeness (QED) is 0.713. The number of aromatic nitrogens is 1. The molecule has 2 aromatic heterocycles. The lowest BCUT2D eigenvalue weighted by Crippen LogP contribution is -2.51. The Morgan fingerprint density at radius 3 is 2.43 bits per heavy atom. The maximum Gasteiger partial charge on any atom is 0.225 e. The molecule has 1 amide bonds.